The van der Waals surface area contributed by atoms with Gasteiger partial charge in [-0.3, -0.25) is 9.36 Å². The molecule has 1 amide bonds. The minimum Gasteiger partial charge on any atom is -0.331 e. The van der Waals surface area contributed by atoms with Crippen LogP contribution in [0.5, 0.6) is 0 Å². The van der Waals surface area contributed by atoms with Crippen molar-refractivity contribution in [2.45, 2.75) is 37.8 Å². The lowest BCUT2D eigenvalue weighted by atomic mass is 10.0. The van der Waals surface area contributed by atoms with Crippen LogP contribution in [0.15, 0.2) is 30.9 Å². The molecule has 0 aromatic carbocycles. The van der Waals surface area contributed by atoms with E-state index >= 15 is 0 Å². The van der Waals surface area contributed by atoms with Crippen molar-refractivity contribution in [2.75, 3.05) is 13.1 Å². The second-order valence-electron chi connectivity index (χ2n) is 6.17. The largest absolute Gasteiger partial charge is 0.331 e. The molecule has 7 heteroatoms. The first-order valence-electron chi connectivity index (χ1n) is 8.18. The van der Waals surface area contributed by atoms with Gasteiger partial charge in [-0.25, -0.2) is 4.98 Å². The topological polar surface area (TPSA) is 75.9 Å². The van der Waals surface area contributed by atoms with E-state index in [0.717, 1.165) is 38.8 Å². The molecule has 1 aliphatic heterocycles. The van der Waals surface area contributed by atoms with E-state index in [1.54, 1.807) is 29.4 Å². The number of rotatable bonds is 4. The Hall–Kier alpha value is -2.28. The molecule has 1 saturated carbocycles. The summed E-state index contributed by atoms with van der Waals surface area (Å²) in [6.45, 7) is 1.96. The number of amides is 1. The van der Waals surface area contributed by atoms with Gasteiger partial charge in [-0.15, -0.1) is 10.2 Å². The summed E-state index contributed by atoms with van der Waals surface area (Å²) in [5, 5.41) is 11.7. The fourth-order valence-electron chi connectivity index (χ4n) is 3.17. The average molecular weight is 312 g/mol. The molecule has 2 aliphatic rings. The molecule has 0 bridgehead atoms. The van der Waals surface area contributed by atoms with Gasteiger partial charge in [0.05, 0.1) is 0 Å². The number of nitrogens with zero attached hydrogens (tertiary/aromatic N) is 5. The van der Waals surface area contributed by atoms with Gasteiger partial charge >= 0.3 is 0 Å². The smallest absolute Gasteiger partial charge is 0.274 e. The summed E-state index contributed by atoms with van der Waals surface area (Å²) in [6, 6.07) is 4.29. The molecule has 4 rings (SSSR count). The van der Waals surface area contributed by atoms with Crippen LogP contribution in [0.25, 0.3) is 5.82 Å². The van der Waals surface area contributed by atoms with Gasteiger partial charge in [0.2, 0.25) is 0 Å². The summed E-state index contributed by atoms with van der Waals surface area (Å²) in [5.41, 5.74) is 0.430. The van der Waals surface area contributed by atoms with Gasteiger partial charge in [-0.2, -0.15) is 0 Å². The number of hydrogen-bond donors (Lipinski definition) is 1. The van der Waals surface area contributed by atoms with Gasteiger partial charge in [0.25, 0.3) is 5.91 Å². The normalized spacial score (nSPS) is 18.8. The van der Waals surface area contributed by atoms with E-state index in [1.165, 1.54) is 0 Å². The summed E-state index contributed by atoms with van der Waals surface area (Å²) in [4.78, 5) is 19.0. The maximum atomic E-state index is 12.9. The SMILES string of the molecule is O=C(c1ccc(-n2ccnc2)nn1)N(C1CCNCC1)C1CC1. The number of carbonyl (C=O) groups excluding carboxylic acids is 1. The molecule has 1 aliphatic carbocycles. The molecule has 7 nitrogen and oxygen atoms in total. The highest BCUT2D eigenvalue weighted by atomic mass is 16.2. The number of hydrogen-bond acceptors (Lipinski definition) is 5. The molecule has 2 aromatic rings. The lowest BCUT2D eigenvalue weighted by molar-refractivity contribution is 0.0615. The highest BCUT2D eigenvalue weighted by molar-refractivity contribution is 5.92. The van der Waals surface area contributed by atoms with E-state index < -0.39 is 0 Å². The van der Waals surface area contributed by atoms with Crippen molar-refractivity contribution in [1.29, 1.82) is 0 Å². The quantitative estimate of drug-likeness (QED) is 0.912. The number of carbonyl (C=O) groups is 1. The Morgan fingerprint density at radius 3 is 2.52 bits per heavy atom. The zero-order chi connectivity index (χ0) is 15.6. The minimum atomic E-state index is 0.0177. The fraction of sp³-hybridized carbons (Fsp3) is 0.500. The van der Waals surface area contributed by atoms with Crippen molar-refractivity contribution >= 4 is 5.91 Å². The molecule has 1 saturated heterocycles. The predicted octanol–water partition coefficient (Wildman–Crippen LogP) is 1.02. The average Bonchev–Trinajstić information content (AvgIpc) is 3.28. The maximum Gasteiger partial charge on any atom is 0.274 e. The Kier molecular flexibility index (Phi) is 3.78. The first-order valence-corrected chi connectivity index (χ1v) is 8.18. The van der Waals surface area contributed by atoms with Crippen molar-refractivity contribution in [3.05, 3.63) is 36.5 Å². The van der Waals surface area contributed by atoms with Gasteiger partial charge < -0.3 is 10.2 Å². The second-order valence-corrected chi connectivity index (χ2v) is 6.17. The highest BCUT2D eigenvalue weighted by Gasteiger charge is 2.38. The first kappa shape index (κ1) is 14.3. The third kappa shape index (κ3) is 2.96. The summed E-state index contributed by atoms with van der Waals surface area (Å²) in [6.07, 6.45) is 9.40. The summed E-state index contributed by atoms with van der Waals surface area (Å²) in [7, 11) is 0. The van der Waals surface area contributed by atoms with Gasteiger partial charge in [0.15, 0.2) is 11.5 Å². The molecule has 3 heterocycles. The van der Waals surface area contributed by atoms with Crippen LogP contribution in [0.4, 0.5) is 0 Å². The zero-order valence-corrected chi connectivity index (χ0v) is 12.9. The number of imidazole rings is 1. The van der Waals surface area contributed by atoms with E-state index in [-0.39, 0.29) is 5.91 Å². The Morgan fingerprint density at radius 1 is 1.13 bits per heavy atom. The van der Waals surface area contributed by atoms with Crippen LogP contribution in [-0.4, -0.2) is 55.7 Å². The van der Waals surface area contributed by atoms with Gasteiger partial charge in [0.1, 0.15) is 6.33 Å². The van der Waals surface area contributed by atoms with Crippen LogP contribution >= 0.6 is 0 Å². The van der Waals surface area contributed by atoms with Gasteiger partial charge in [-0.05, 0) is 50.9 Å². The van der Waals surface area contributed by atoms with E-state index in [4.69, 9.17) is 0 Å². The number of aromatic nitrogens is 4. The molecule has 120 valence electrons. The Morgan fingerprint density at radius 2 is 1.91 bits per heavy atom. The molecular weight excluding hydrogens is 292 g/mol. The molecule has 23 heavy (non-hydrogen) atoms. The van der Waals surface area contributed by atoms with Crippen LogP contribution in [0.3, 0.4) is 0 Å². The van der Waals surface area contributed by atoms with Crippen molar-refractivity contribution in [3.8, 4) is 5.82 Å². The molecule has 0 atom stereocenters. The van der Waals surface area contributed by atoms with Crippen LogP contribution < -0.4 is 5.32 Å². The van der Waals surface area contributed by atoms with Crippen molar-refractivity contribution in [1.82, 2.24) is 30.0 Å². The van der Waals surface area contributed by atoms with Crippen LogP contribution in [0.1, 0.15) is 36.2 Å². The Labute approximate surface area is 134 Å². The molecule has 0 spiro atoms. The monoisotopic (exact) mass is 312 g/mol. The second kappa shape index (κ2) is 6.08. The van der Waals surface area contributed by atoms with Crippen LogP contribution in [0.2, 0.25) is 0 Å². The molecule has 0 unspecified atom stereocenters. The summed E-state index contributed by atoms with van der Waals surface area (Å²) < 4.78 is 1.77. The zero-order valence-electron chi connectivity index (χ0n) is 12.9. The number of nitrogens with one attached hydrogen (secondary N) is 1. The Bertz CT molecular complexity index is 658. The maximum absolute atomic E-state index is 12.9. The predicted molar refractivity (Wildman–Crippen MR) is 84.2 cm³/mol. The lowest BCUT2D eigenvalue weighted by Crippen LogP contribution is -2.47. The van der Waals surface area contributed by atoms with E-state index in [1.807, 2.05) is 6.07 Å². The molecule has 2 aromatic heterocycles. The van der Waals surface area contributed by atoms with Gasteiger partial charge in [-0.1, -0.05) is 0 Å². The van der Waals surface area contributed by atoms with E-state index in [0.29, 0.717) is 23.6 Å². The Balaban J connectivity index is 1.54. The van der Waals surface area contributed by atoms with Crippen LogP contribution in [0, 0.1) is 0 Å². The number of piperidine rings is 1. The fourth-order valence-corrected chi connectivity index (χ4v) is 3.17. The van der Waals surface area contributed by atoms with E-state index in [2.05, 4.69) is 25.4 Å². The molecule has 1 N–H and O–H groups in total. The summed E-state index contributed by atoms with van der Waals surface area (Å²) in [5.74, 6) is 0.683. The first-order chi connectivity index (χ1) is 11.3. The van der Waals surface area contributed by atoms with Crippen LogP contribution in [-0.2, 0) is 0 Å². The van der Waals surface area contributed by atoms with Crippen molar-refractivity contribution in [3.63, 3.8) is 0 Å². The van der Waals surface area contributed by atoms with Crippen molar-refractivity contribution in [2.24, 2.45) is 0 Å². The van der Waals surface area contributed by atoms with E-state index in [9.17, 15) is 4.79 Å². The highest BCUT2D eigenvalue weighted by Crippen LogP contribution is 2.32. The van der Waals surface area contributed by atoms with Gasteiger partial charge in [0, 0.05) is 24.5 Å². The standard InChI is InChI=1S/C16H20N6O/c23-16(22(12-1-2-12)13-5-7-17-8-6-13)14-3-4-15(20-19-14)21-10-9-18-11-21/h3-4,9-13,17H,1-2,5-8H2. The molecule has 0 radical (unpaired) electrons. The molecular formula is C16H20N6O. The third-order valence-corrected chi connectivity index (χ3v) is 4.52. The summed E-state index contributed by atoms with van der Waals surface area (Å²) >= 11 is 0. The third-order valence-electron chi connectivity index (χ3n) is 4.52. The van der Waals surface area contributed by atoms with Crippen molar-refractivity contribution < 1.29 is 4.79 Å². The molecule has 2 fully saturated rings. The minimum absolute atomic E-state index is 0.0177. The lowest BCUT2D eigenvalue weighted by Gasteiger charge is -2.34.